The van der Waals surface area contributed by atoms with Crippen LogP contribution in [0, 0.1) is 5.82 Å². The zero-order chi connectivity index (χ0) is 15.5. The van der Waals surface area contributed by atoms with E-state index in [0.29, 0.717) is 24.3 Å². The highest BCUT2D eigenvalue weighted by atomic mass is 19.1. The van der Waals surface area contributed by atoms with Crippen molar-refractivity contribution in [2.45, 2.75) is 32.0 Å². The van der Waals surface area contributed by atoms with Crippen molar-refractivity contribution in [2.24, 2.45) is 0 Å². The Bertz CT molecular complexity index is 736. The maximum absolute atomic E-state index is 13.1. The molecule has 0 amide bonds. The molecule has 0 fully saturated rings. The number of hydrogen-bond acceptors (Lipinski definition) is 4. The van der Waals surface area contributed by atoms with Gasteiger partial charge in [0.25, 0.3) is 0 Å². The van der Waals surface area contributed by atoms with Crippen molar-refractivity contribution in [3.8, 4) is 0 Å². The third kappa shape index (κ3) is 3.37. The first-order valence-corrected chi connectivity index (χ1v) is 7.24. The third-order valence-electron chi connectivity index (χ3n) is 3.60. The van der Waals surface area contributed by atoms with Crippen molar-refractivity contribution in [1.29, 1.82) is 0 Å². The van der Waals surface area contributed by atoms with Crippen molar-refractivity contribution in [1.82, 2.24) is 5.32 Å². The van der Waals surface area contributed by atoms with E-state index in [0.717, 1.165) is 11.1 Å². The molecule has 1 aromatic carbocycles. The fourth-order valence-electron chi connectivity index (χ4n) is 2.45. The number of aliphatic hydroxyl groups is 1. The van der Waals surface area contributed by atoms with Crippen molar-refractivity contribution in [3.05, 3.63) is 60.0 Å². The summed E-state index contributed by atoms with van der Waals surface area (Å²) in [5, 5.41) is 14.1. The molecule has 0 aliphatic rings. The maximum Gasteiger partial charge on any atom is 0.134 e. The Morgan fingerprint density at radius 3 is 2.91 bits per heavy atom. The van der Waals surface area contributed by atoms with Crippen LogP contribution in [0.3, 0.4) is 0 Å². The molecule has 0 aliphatic carbocycles. The predicted molar refractivity (Wildman–Crippen MR) is 80.8 cm³/mol. The molecule has 0 saturated carbocycles. The third-order valence-corrected chi connectivity index (χ3v) is 3.60. The number of fused-ring (bicyclic) bond motifs is 1. The number of rotatable bonds is 6. The number of aliphatic hydroxyl groups excluding tert-OH is 1. The average molecular weight is 303 g/mol. The summed E-state index contributed by atoms with van der Waals surface area (Å²) >= 11 is 0. The summed E-state index contributed by atoms with van der Waals surface area (Å²) in [6.45, 7) is 2.50. The van der Waals surface area contributed by atoms with Gasteiger partial charge in [0.15, 0.2) is 0 Å². The van der Waals surface area contributed by atoms with Gasteiger partial charge in [0, 0.05) is 11.4 Å². The van der Waals surface area contributed by atoms with E-state index in [2.05, 4.69) is 5.32 Å². The van der Waals surface area contributed by atoms with E-state index in [-0.39, 0.29) is 11.9 Å². The normalized spacial score (nSPS) is 14.3. The van der Waals surface area contributed by atoms with Crippen LogP contribution in [-0.2, 0) is 6.54 Å². The molecule has 0 radical (unpaired) electrons. The first kappa shape index (κ1) is 14.8. The summed E-state index contributed by atoms with van der Waals surface area (Å²) in [7, 11) is 0. The van der Waals surface area contributed by atoms with Gasteiger partial charge in [-0.25, -0.2) is 4.39 Å². The highest BCUT2D eigenvalue weighted by molar-refractivity contribution is 5.77. The molecule has 2 heterocycles. The van der Waals surface area contributed by atoms with Crippen molar-refractivity contribution in [3.63, 3.8) is 0 Å². The molecule has 2 atom stereocenters. The molecule has 5 heteroatoms. The number of hydrogen-bond donors (Lipinski definition) is 2. The highest BCUT2D eigenvalue weighted by Gasteiger charge is 2.15. The monoisotopic (exact) mass is 303 g/mol. The summed E-state index contributed by atoms with van der Waals surface area (Å²) in [4.78, 5) is 0. The minimum Gasteiger partial charge on any atom is -0.467 e. The van der Waals surface area contributed by atoms with E-state index in [9.17, 15) is 9.50 Å². The Balaban J connectivity index is 1.56. The molecule has 2 unspecified atom stereocenters. The van der Waals surface area contributed by atoms with Crippen LogP contribution in [0.5, 0.6) is 0 Å². The molecular formula is C17H18FNO3. The predicted octanol–water partition coefficient (Wildman–Crippen LogP) is 3.77. The zero-order valence-corrected chi connectivity index (χ0v) is 12.3. The zero-order valence-electron chi connectivity index (χ0n) is 12.3. The molecule has 0 aliphatic heterocycles. The Hall–Kier alpha value is -2.11. The van der Waals surface area contributed by atoms with Gasteiger partial charge in [-0.15, -0.1) is 0 Å². The standard InChI is InChI=1S/C17H18FNO3/c1-11(7-15(20)17-3-2-6-21-17)19-10-14-9-12-8-13(18)4-5-16(12)22-14/h2-6,8-9,11,15,19-20H,7,10H2,1H3. The molecule has 22 heavy (non-hydrogen) atoms. The molecule has 2 aromatic heterocycles. The van der Waals surface area contributed by atoms with Gasteiger partial charge in [0.2, 0.25) is 0 Å². The van der Waals surface area contributed by atoms with Crippen LogP contribution in [0.4, 0.5) is 4.39 Å². The number of benzene rings is 1. The first-order valence-electron chi connectivity index (χ1n) is 7.24. The van der Waals surface area contributed by atoms with Gasteiger partial charge >= 0.3 is 0 Å². The van der Waals surface area contributed by atoms with Crippen LogP contribution in [-0.4, -0.2) is 11.1 Å². The SMILES string of the molecule is CC(CC(O)c1ccco1)NCc1cc2cc(F)ccc2o1. The highest BCUT2D eigenvalue weighted by Crippen LogP contribution is 2.21. The lowest BCUT2D eigenvalue weighted by Gasteiger charge is -2.15. The molecule has 3 aromatic rings. The lowest BCUT2D eigenvalue weighted by molar-refractivity contribution is 0.128. The summed E-state index contributed by atoms with van der Waals surface area (Å²) < 4.78 is 24.0. The van der Waals surface area contributed by atoms with E-state index < -0.39 is 6.10 Å². The second kappa shape index (κ2) is 6.34. The Kier molecular flexibility index (Phi) is 4.27. The van der Waals surface area contributed by atoms with E-state index in [1.54, 1.807) is 24.5 Å². The minimum absolute atomic E-state index is 0.0741. The van der Waals surface area contributed by atoms with E-state index >= 15 is 0 Å². The molecule has 0 saturated heterocycles. The lowest BCUT2D eigenvalue weighted by Crippen LogP contribution is -2.27. The fraction of sp³-hybridized carbons (Fsp3) is 0.294. The smallest absolute Gasteiger partial charge is 0.134 e. The maximum atomic E-state index is 13.1. The fourth-order valence-corrected chi connectivity index (χ4v) is 2.45. The average Bonchev–Trinajstić information content (AvgIpc) is 3.13. The van der Waals surface area contributed by atoms with Crippen molar-refractivity contribution >= 4 is 11.0 Å². The minimum atomic E-state index is -0.637. The van der Waals surface area contributed by atoms with Gasteiger partial charge < -0.3 is 19.3 Å². The largest absolute Gasteiger partial charge is 0.467 e. The van der Waals surface area contributed by atoms with Crippen molar-refractivity contribution in [2.75, 3.05) is 0 Å². The van der Waals surface area contributed by atoms with Gasteiger partial charge in [-0.3, -0.25) is 0 Å². The van der Waals surface area contributed by atoms with Crippen molar-refractivity contribution < 1.29 is 18.3 Å². The van der Waals surface area contributed by atoms with Crippen LogP contribution in [0.15, 0.2) is 51.5 Å². The lowest BCUT2D eigenvalue weighted by atomic mass is 10.1. The van der Waals surface area contributed by atoms with Crippen LogP contribution >= 0.6 is 0 Å². The van der Waals surface area contributed by atoms with Gasteiger partial charge in [-0.1, -0.05) is 0 Å². The van der Waals surface area contributed by atoms with Gasteiger partial charge in [0.05, 0.1) is 12.8 Å². The van der Waals surface area contributed by atoms with Gasteiger partial charge in [-0.05, 0) is 49.7 Å². The van der Waals surface area contributed by atoms with Gasteiger partial charge in [-0.2, -0.15) is 0 Å². The summed E-state index contributed by atoms with van der Waals surface area (Å²) in [5.41, 5.74) is 0.668. The number of halogens is 1. The van der Waals surface area contributed by atoms with Crippen LogP contribution in [0.25, 0.3) is 11.0 Å². The molecule has 4 nitrogen and oxygen atoms in total. The molecular weight excluding hydrogens is 285 g/mol. The molecule has 0 bridgehead atoms. The Morgan fingerprint density at radius 1 is 1.27 bits per heavy atom. The molecule has 0 spiro atoms. The molecule has 116 valence electrons. The molecule has 3 rings (SSSR count). The van der Waals surface area contributed by atoms with E-state index in [1.807, 2.05) is 13.0 Å². The van der Waals surface area contributed by atoms with Crippen LogP contribution in [0.1, 0.15) is 31.0 Å². The number of nitrogens with one attached hydrogen (secondary N) is 1. The Morgan fingerprint density at radius 2 is 2.14 bits per heavy atom. The second-order valence-corrected chi connectivity index (χ2v) is 5.44. The Labute approximate surface area is 127 Å². The topological polar surface area (TPSA) is 58.5 Å². The quantitative estimate of drug-likeness (QED) is 0.728. The van der Waals surface area contributed by atoms with Crippen LogP contribution < -0.4 is 5.32 Å². The summed E-state index contributed by atoms with van der Waals surface area (Å²) in [6, 6.07) is 9.86. The molecule has 2 N–H and O–H groups in total. The summed E-state index contributed by atoms with van der Waals surface area (Å²) in [5.74, 6) is 1.02. The van der Waals surface area contributed by atoms with E-state index in [4.69, 9.17) is 8.83 Å². The number of furan rings is 2. The second-order valence-electron chi connectivity index (χ2n) is 5.44. The van der Waals surface area contributed by atoms with Crippen LogP contribution in [0.2, 0.25) is 0 Å². The summed E-state index contributed by atoms with van der Waals surface area (Å²) in [6.07, 6.45) is 1.44. The van der Waals surface area contributed by atoms with E-state index in [1.165, 1.54) is 12.1 Å². The van der Waals surface area contributed by atoms with Gasteiger partial charge in [0.1, 0.15) is 29.0 Å². The first-order chi connectivity index (χ1) is 10.6.